The molecule has 4 aliphatic rings. The van der Waals surface area contributed by atoms with Gasteiger partial charge in [-0.05, 0) is 38.5 Å². The van der Waals surface area contributed by atoms with Gasteiger partial charge in [0.05, 0.1) is 26.2 Å². The van der Waals surface area contributed by atoms with Crippen molar-refractivity contribution in [1.82, 2.24) is 19.6 Å². The molecule has 0 saturated carbocycles. The van der Waals surface area contributed by atoms with Gasteiger partial charge in [-0.15, -0.1) is 0 Å². The summed E-state index contributed by atoms with van der Waals surface area (Å²) in [6.45, 7) is 5.95. The molecule has 4 aliphatic heterocycles. The second-order valence-corrected chi connectivity index (χ2v) is 8.49. The van der Waals surface area contributed by atoms with E-state index in [0.717, 1.165) is 26.2 Å². The Morgan fingerprint density at radius 3 is 1.38 bits per heavy atom. The number of rotatable bonds is 4. The zero-order chi connectivity index (χ0) is 18.3. The monoisotopic (exact) mass is 366 g/mol. The van der Waals surface area contributed by atoms with Gasteiger partial charge in [0.2, 0.25) is 0 Å². The van der Waals surface area contributed by atoms with Gasteiger partial charge in [0.1, 0.15) is 0 Å². The number of carbonyl (C=O) groups excluding carboxylic acids is 2. The summed E-state index contributed by atoms with van der Waals surface area (Å²) >= 11 is 0. The van der Waals surface area contributed by atoms with E-state index in [2.05, 4.69) is 0 Å². The molecule has 0 unspecified atom stereocenters. The van der Waals surface area contributed by atoms with Crippen LogP contribution >= 0.6 is 0 Å². The largest absolute Gasteiger partial charge is 0.327 e. The number of nitrogens with zero attached hydrogens (tertiary/aromatic N) is 4. The maximum atomic E-state index is 12.9. The van der Waals surface area contributed by atoms with Crippen molar-refractivity contribution < 1.29 is 19.4 Å². The van der Waals surface area contributed by atoms with E-state index < -0.39 is 0 Å². The third-order valence-electron chi connectivity index (χ3n) is 6.70. The van der Waals surface area contributed by atoms with Gasteiger partial charge in [-0.25, -0.2) is 9.59 Å². The Morgan fingerprint density at radius 2 is 1.04 bits per heavy atom. The van der Waals surface area contributed by atoms with Crippen LogP contribution in [0.1, 0.15) is 38.5 Å². The van der Waals surface area contributed by atoms with Crippen molar-refractivity contribution in [3.05, 3.63) is 0 Å². The van der Waals surface area contributed by atoms with Crippen LogP contribution in [-0.4, -0.2) is 97.6 Å². The molecule has 0 aromatic heterocycles. The highest BCUT2D eigenvalue weighted by Gasteiger charge is 2.58. The van der Waals surface area contributed by atoms with Crippen LogP contribution in [0.5, 0.6) is 0 Å². The van der Waals surface area contributed by atoms with Crippen LogP contribution in [0.2, 0.25) is 0 Å². The summed E-state index contributed by atoms with van der Waals surface area (Å²) in [5.74, 6) is 0. The van der Waals surface area contributed by atoms with Crippen molar-refractivity contribution in [3.63, 3.8) is 0 Å². The Balaban J connectivity index is 1.50. The van der Waals surface area contributed by atoms with Crippen LogP contribution in [0, 0.1) is 0 Å². The number of piperidine rings is 2. The van der Waals surface area contributed by atoms with Crippen molar-refractivity contribution >= 4 is 12.1 Å². The standard InChI is InChI=1S/C18H32N6O2/c1-19-15-16(24(17(19)25)14-22-11-7-4-8-12-22)20(2)18(26)23(15)13-21-9-5-3-6-10-21/h15-16H,3-14H2,1-2H3/p+2/t15-,16+. The number of likely N-dealkylation sites (N-methyl/N-ethyl adjacent to an activating group) is 2. The van der Waals surface area contributed by atoms with Gasteiger partial charge in [0.15, 0.2) is 25.7 Å². The second-order valence-electron chi connectivity index (χ2n) is 8.49. The number of amides is 4. The van der Waals surface area contributed by atoms with Crippen molar-refractivity contribution in [2.24, 2.45) is 0 Å². The van der Waals surface area contributed by atoms with Gasteiger partial charge in [-0.1, -0.05) is 0 Å². The maximum absolute atomic E-state index is 12.9. The van der Waals surface area contributed by atoms with Gasteiger partial charge in [0.25, 0.3) is 0 Å². The number of fused-ring (bicyclic) bond motifs is 1. The van der Waals surface area contributed by atoms with Crippen LogP contribution in [0.15, 0.2) is 0 Å². The van der Waals surface area contributed by atoms with Crippen molar-refractivity contribution in [3.8, 4) is 0 Å². The van der Waals surface area contributed by atoms with E-state index in [1.54, 1.807) is 9.80 Å². The van der Waals surface area contributed by atoms with Crippen molar-refractivity contribution in [2.45, 2.75) is 50.9 Å². The molecule has 8 nitrogen and oxygen atoms in total. The molecule has 0 bridgehead atoms. The molecule has 4 rings (SSSR count). The predicted octanol–water partition coefficient (Wildman–Crippen LogP) is -1.57. The summed E-state index contributed by atoms with van der Waals surface area (Å²) in [6.07, 6.45) is 7.24. The molecule has 4 amide bonds. The van der Waals surface area contributed by atoms with Crippen LogP contribution in [0.3, 0.4) is 0 Å². The Morgan fingerprint density at radius 1 is 0.692 bits per heavy atom. The summed E-state index contributed by atoms with van der Waals surface area (Å²) in [4.78, 5) is 36.3. The molecule has 4 saturated heterocycles. The van der Waals surface area contributed by atoms with Gasteiger partial charge < -0.3 is 19.6 Å². The molecular formula is C18H34N6O2+2. The molecule has 4 heterocycles. The lowest BCUT2D eigenvalue weighted by molar-refractivity contribution is -0.914. The fourth-order valence-electron chi connectivity index (χ4n) is 5.22. The van der Waals surface area contributed by atoms with E-state index in [9.17, 15) is 9.59 Å². The zero-order valence-corrected chi connectivity index (χ0v) is 16.2. The number of nitrogens with one attached hydrogen (secondary N) is 2. The maximum Gasteiger partial charge on any atom is 0.327 e. The molecule has 0 radical (unpaired) electrons. The van der Waals surface area contributed by atoms with Gasteiger partial charge in [-0.3, -0.25) is 9.80 Å². The first kappa shape index (κ1) is 17.9. The number of carbonyl (C=O) groups is 2. The van der Waals surface area contributed by atoms with Crippen LogP contribution in [-0.2, 0) is 0 Å². The molecule has 0 aromatic rings. The van der Waals surface area contributed by atoms with Crippen LogP contribution < -0.4 is 9.80 Å². The summed E-state index contributed by atoms with van der Waals surface area (Å²) in [5, 5.41) is 0. The van der Waals surface area contributed by atoms with E-state index in [1.807, 2.05) is 23.9 Å². The molecular weight excluding hydrogens is 332 g/mol. The van der Waals surface area contributed by atoms with Crippen molar-refractivity contribution in [1.29, 1.82) is 0 Å². The SMILES string of the molecule is CN1C(=O)N(C[NH+]2CCCCC2)[C@H]2[C@H]1N(C[NH+]1CCCCC1)C(=O)N2C. The highest BCUT2D eigenvalue weighted by molar-refractivity contribution is 5.84. The average molecular weight is 367 g/mol. The van der Waals surface area contributed by atoms with Gasteiger partial charge in [-0.2, -0.15) is 0 Å². The quantitative estimate of drug-likeness (QED) is 0.631. The number of likely N-dealkylation sites (tertiary alicyclic amines) is 2. The summed E-state index contributed by atoms with van der Waals surface area (Å²) < 4.78 is 0. The van der Waals surface area contributed by atoms with Crippen LogP contribution in [0.4, 0.5) is 9.59 Å². The van der Waals surface area contributed by atoms with E-state index in [1.165, 1.54) is 48.3 Å². The smallest absolute Gasteiger partial charge is 0.318 e. The minimum Gasteiger partial charge on any atom is -0.318 e. The molecule has 0 spiro atoms. The number of urea groups is 2. The van der Waals surface area contributed by atoms with E-state index in [-0.39, 0.29) is 24.4 Å². The fourth-order valence-corrected chi connectivity index (χ4v) is 5.22. The molecule has 0 aliphatic carbocycles. The molecule has 8 heteroatoms. The first-order valence-electron chi connectivity index (χ1n) is 10.3. The van der Waals surface area contributed by atoms with E-state index >= 15 is 0 Å². The van der Waals surface area contributed by atoms with Gasteiger partial charge >= 0.3 is 12.1 Å². The summed E-state index contributed by atoms with van der Waals surface area (Å²) in [7, 11) is 3.72. The van der Waals surface area contributed by atoms with Crippen LogP contribution in [0.25, 0.3) is 0 Å². The Labute approximate surface area is 156 Å². The van der Waals surface area contributed by atoms with Crippen molar-refractivity contribution in [2.75, 3.05) is 53.6 Å². The Kier molecular flexibility index (Phi) is 4.96. The Hall–Kier alpha value is -1.54. The third-order valence-corrected chi connectivity index (χ3v) is 6.70. The topological polar surface area (TPSA) is 56.0 Å². The number of hydrogen-bond acceptors (Lipinski definition) is 2. The average Bonchev–Trinajstić information content (AvgIpc) is 3.05. The lowest BCUT2D eigenvalue weighted by atomic mass is 10.1. The summed E-state index contributed by atoms with van der Waals surface area (Å²) in [6, 6.07) is 0.132. The van der Waals surface area contributed by atoms with E-state index in [4.69, 9.17) is 0 Å². The Bertz CT molecular complexity index is 498. The highest BCUT2D eigenvalue weighted by atomic mass is 16.2. The third kappa shape index (κ3) is 3.03. The highest BCUT2D eigenvalue weighted by Crippen LogP contribution is 2.31. The molecule has 2 N–H and O–H groups in total. The minimum absolute atomic E-state index is 0.0658. The molecule has 146 valence electrons. The molecule has 2 atom stereocenters. The molecule has 26 heavy (non-hydrogen) atoms. The fraction of sp³-hybridized carbons (Fsp3) is 0.889. The van der Waals surface area contributed by atoms with E-state index in [0.29, 0.717) is 13.3 Å². The number of hydrogen-bond donors (Lipinski definition) is 2. The second kappa shape index (κ2) is 7.23. The number of quaternary nitrogens is 2. The molecule has 0 aromatic carbocycles. The first-order chi connectivity index (χ1) is 12.6. The van der Waals surface area contributed by atoms with Gasteiger partial charge in [0, 0.05) is 14.1 Å². The summed E-state index contributed by atoms with van der Waals surface area (Å²) in [5.41, 5.74) is 0. The zero-order valence-electron chi connectivity index (χ0n) is 16.2. The molecule has 4 fully saturated rings. The first-order valence-corrected chi connectivity index (χ1v) is 10.3. The minimum atomic E-state index is -0.154. The normalized spacial score (nSPS) is 31.3. The predicted molar refractivity (Wildman–Crippen MR) is 96.4 cm³/mol. The lowest BCUT2D eigenvalue weighted by Gasteiger charge is -2.32. The lowest BCUT2D eigenvalue weighted by Crippen LogP contribution is -3.14.